The third kappa shape index (κ3) is 4.21. The molecule has 1 saturated heterocycles. The highest BCUT2D eigenvalue weighted by molar-refractivity contribution is 8.01. The van der Waals surface area contributed by atoms with Gasteiger partial charge >= 0.3 is 0 Å². The lowest BCUT2D eigenvalue weighted by atomic mass is 10.0. The maximum Gasteiger partial charge on any atom is 0.263 e. The van der Waals surface area contributed by atoms with Crippen LogP contribution in [0.15, 0.2) is 45.7 Å². The fourth-order valence-corrected chi connectivity index (χ4v) is 7.23. The largest absolute Gasteiger partial charge is 0.456 e. The third-order valence-electron chi connectivity index (χ3n) is 5.74. The highest BCUT2D eigenvalue weighted by atomic mass is 32.2. The predicted molar refractivity (Wildman–Crippen MR) is 127 cm³/mol. The fraction of sp³-hybridized carbons (Fsp3) is 0.364. The molecule has 0 spiro atoms. The number of anilines is 1. The summed E-state index contributed by atoms with van der Waals surface area (Å²) in [4.78, 5) is 24.1. The van der Waals surface area contributed by atoms with Crippen LogP contribution >= 0.6 is 11.8 Å². The Morgan fingerprint density at radius 3 is 2.64 bits per heavy atom. The molecule has 1 atom stereocenters. The van der Waals surface area contributed by atoms with E-state index in [4.69, 9.17) is 4.42 Å². The SMILES string of the molecule is CCC(=O)Nc1ccc2c(c1)oc1ccc(S(=O)(=O)N3CCSC(C)(C)C3C(=O)NO)cc12. The van der Waals surface area contributed by atoms with E-state index < -0.39 is 26.7 Å². The minimum Gasteiger partial charge on any atom is -0.456 e. The quantitative estimate of drug-likeness (QED) is 0.369. The van der Waals surface area contributed by atoms with Gasteiger partial charge in [-0.3, -0.25) is 14.8 Å². The van der Waals surface area contributed by atoms with Crippen molar-refractivity contribution < 1.29 is 27.6 Å². The van der Waals surface area contributed by atoms with Crippen molar-refractivity contribution in [3.63, 3.8) is 0 Å². The van der Waals surface area contributed by atoms with E-state index in [2.05, 4.69) is 5.32 Å². The lowest BCUT2D eigenvalue weighted by Gasteiger charge is -2.43. The second-order valence-corrected chi connectivity index (χ2v) is 12.0. The monoisotopic (exact) mass is 491 g/mol. The molecule has 0 saturated carbocycles. The van der Waals surface area contributed by atoms with Gasteiger partial charge in [0.15, 0.2) is 0 Å². The fourth-order valence-electron chi connectivity index (χ4n) is 4.10. The standard InChI is InChI=1S/C22H25N3O6S2/c1-4-19(26)23-13-5-7-15-16-12-14(6-8-17(16)31-18(15)11-13)33(29,30)25-9-10-32-22(2,3)20(25)21(27)24-28/h5-8,11-12,20,28H,4,9-10H2,1-3H3,(H,23,26)(H,24,27). The number of hydroxylamine groups is 1. The normalized spacial score (nSPS) is 19.0. The number of thioether (sulfide) groups is 1. The number of sulfonamides is 1. The zero-order valence-electron chi connectivity index (χ0n) is 18.4. The smallest absolute Gasteiger partial charge is 0.263 e. The topological polar surface area (TPSA) is 129 Å². The van der Waals surface area contributed by atoms with Crippen LogP contribution < -0.4 is 10.8 Å². The molecule has 3 N–H and O–H groups in total. The van der Waals surface area contributed by atoms with Crippen molar-refractivity contribution in [2.24, 2.45) is 0 Å². The Bertz CT molecular complexity index is 1350. The lowest BCUT2D eigenvalue weighted by Crippen LogP contribution is -2.61. The lowest BCUT2D eigenvalue weighted by molar-refractivity contribution is -0.134. The molecule has 0 radical (unpaired) electrons. The maximum atomic E-state index is 13.6. The van der Waals surface area contributed by atoms with E-state index in [0.717, 1.165) is 4.31 Å². The Kier molecular flexibility index (Phi) is 6.16. The zero-order chi connectivity index (χ0) is 24.0. The number of carbonyl (C=O) groups excluding carboxylic acids is 2. The van der Waals surface area contributed by atoms with E-state index >= 15 is 0 Å². The Labute approximate surface area is 195 Å². The van der Waals surface area contributed by atoms with Gasteiger partial charge in [0, 0.05) is 46.0 Å². The van der Waals surface area contributed by atoms with Crippen molar-refractivity contribution in [3.8, 4) is 0 Å². The number of furan rings is 1. The molecule has 1 unspecified atom stereocenters. The second-order valence-electron chi connectivity index (χ2n) is 8.32. The summed E-state index contributed by atoms with van der Waals surface area (Å²) in [5, 5.41) is 13.3. The molecule has 176 valence electrons. The van der Waals surface area contributed by atoms with Gasteiger partial charge in [-0.1, -0.05) is 6.92 Å². The van der Waals surface area contributed by atoms with Crippen LogP contribution in [0.5, 0.6) is 0 Å². The highest BCUT2D eigenvalue weighted by Crippen LogP contribution is 2.39. The molecule has 9 nitrogen and oxygen atoms in total. The minimum atomic E-state index is -4.05. The minimum absolute atomic E-state index is 0.0273. The summed E-state index contributed by atoms with van der Waals surface area (Å²) in [6, 6.07) is 8.68. The van der Waals surface area contributed by atoms with Crippen molar-refractivity contribution in [2.75, 3.05) is 17.6 Å². The first kappa shape index (κ1) is 23.6. The molecule has 2 amide bonds. The first-order valence-electron chi connectivity index (χ1n) is 10.4. The van der Waals surface area contributed by atoms with Gasteiger partial charge in [-0.05, 0) is 44.2 Å². The number of carbonyl (C=O) groups is 2. The van der Waals surface area contributed by atoms with Gasteiger partial charge in [0.25, 0.3) is 5.91 Å². The summed E-state index contributed by atoms with van der Waals surface area (Å²) in [7, 11) is -4.05. The third-order valence-corrected chi connectivity index (χ3v) is 8.96. The molecule has 0 aliphatic carbocycles. The van der Waals surface area contributed by atoms with Gasteiger partial charge < -0.3 is 9.73 Å². The molecule has 33 heavy (non-hydrogen) atoms. The van der Waals surface area contributed by atoms with Crippen molar-refractivity contribution in [3.05, 3.63) is 36.4 Å². The van der Waals surface area contributed by atoms with E-state index in [9.17, 15) is 23.2 Å². The van der Waals surface area contributed by atoms with Gasteiger partial charge in [0.05, 0.1) is 4.90 Å². The summed E-state index contributed by atoms with van der Waals surface area (Å²) < 4.78 is 33.5. The van der Waals surface area contributed by atoms with E-state index in [1.54, 1.807) is 50.5 Å². The average molecular weight is 492 g/mol. The van der Waals surface area contributed by atoms with E-state index in [1.165, 1.54) is 23.9 Å². The first-order valence-corrected chi connectivity index (χ1v) is 12.9. The molecule has 0 bridgehead atoms. The van der Waals surface area contributed by atoms with Crippen molar-refractivity contribution in [2.45, 2.75) is 42.9 Å². The van der Waals surface area contributed by atoms with E-state index in [0.29, 0.717) is 39.8 Å². The Morgan fingerprint density at radius 2 is 1.94 bits per heavy atom. The van der Waals surface area contributed by atoms with Gasteiger partial charge in [-0.2, -0.15) is 16.1 Å². The number of hydrogen-bond donors (Lipinski definition) is 3. The average Bonchev–Trinajstić information content (AvgIpc) is 3.14. The van der Waals surface area contributed by atoms with Crippen LogP contribution in [0.4, 0.5) is 5.69 Å². The molecule has 1 aliphatic rings. The summed E-state index contributed by atoms with van der Waals surface area (Å²) in [5.41, 5.74) is 3.22. The molecule has 3 aromatic rings. The first-order chi connectivity index (χ1) is 15.6. The van der Waals surface area contributed by atoms with Crippen molar-refractivity contribution in [1.82, 2.24) is 9.79 Å². The number of rotatable bonds is 5. The summed E-state index contributed by atoms with van der Waals surface area (Å²) in [6.07, 6.45) is 0.348. The number of hydrogen-bond acceptors (Lipinski definition) is 7. The summed E-state index contributed by atoms with van der Waals surface area (Å²) in [5.74, 6) is -0.375. The molecular weight excluding hydrogens is 466 g/mol. The van der Waals surface area contributed by atoms with Gasteiger partial charge in [0.1, 0.15) is 17.2 Å². The molecule has 1 aromatic heterocycles. The molecule has 4 rings (SSSR count). The highest BCUT2D eigenvalue weighted by Gasteiger charge is 2.48. The van der Waals surface area contributed by atoms with Crippen LogP contribution in [0.3, 0.4) is 0 Å². The van der Waals surface area contributed by atoms with Crippen LogP contribution in [-0.2, 0) is 19.6 Å². The molecule has 2 aromatic carbocycles. The number of nitrogens with zero attached hydrogens (tertiary/aromatic N) is 1. The number of fused-ring (bicyclic) bond motifs is 3. The van der Waals surface area contributed by atoms with Gasteiger partial charge in [-0.25, -0.2) is 13.9 Å². The number of benzene rings is 2. The van der Waals surface area contributed by atoms with E-state index in [-0.39, 0.29) is 17.3 Å². The van der Waals surface area contributed by atoms with Crippen LogP contribution in [0.25, 0.3) is 21.9 Å². The molecule has 11 heteroatoms. The number of amides is 2. The Morgan fingerprint density at radius 1 is 1.18 bits per heavy atom. The molecule has 2 heterocycles. The van der Waals surface area contributed by atoms with Crippen LogP contribution in [0.1, 0.15) is 27.2 Å². The Balaban J connectivity index is 1.77. The maximum absolute atomic E-state index is 13.6. The summed E-state index contributed by atoms with van der Waals surface area (Å²) >= 11 is 1.48. The zero-order valence-corrected chi connectivity index (χ0v) is 20.0. The molecule has 1 aliphatic heterocycles. The number of nitrogens with one attached hydrogen (secondary N) is 2. The van der Waals surface area contributed by atoms with Crippen LogP contribution in [0, 0.1) is 0 Å². The Hall–Kier alpha value is -2.60. The van der Waals surface area contributed by atoms with Crippen LogP contribution in [-0.4, -0.2) is 52.8 Å². The van der Waals surface area contributed by atoms with Crippen molar-refractivity contribution in [1.29, 1.82) is 0 Å². The molecule has 1 fully saturated rings. The second kappa shape index (κ2) is 8.64. The summed E-state index contributed by atoms with van der Waals surface area (Å²) in [6.45, 7) is 5.45. The van der Waals surface area contributed by atoms with Gasteiger partial charge in [-0.15, -0.1) is 0 Å². The predicted octanol–water partition coefficient (Wildman–Crippen LogP) is 3.32. The molecular formula is C22H25N3O6S2. The van der Waals surface area contributed by atoms with E-state index in [1.807, 2.05) is 0 Å². The van der Waals surface area contributed by atoms with Gasteiger partial charge in [0.2, 0.25) is 15.9 Å². The van der Waals surface area contributed by atoms with Crippen molar-refractivity contribution >= 4 is 61.2 Å². The van der Waals surface area contributed by atoms with Crippen LogP contribution in [0.2, 0.25) is 0 Å².